The summed E-state index contributed by atoms with van der Waals surface area (Å²) in [6, 6.07) is 2.92. The number of halogens is 1. The zero-order valence-electron chi connectivity index (χ0n) is 12.7. The number of carbonyl (C=O) groups is 1. The van der Waals surface area contributed by atoms with Crippen LogP contribution in [-0.2, 0) is 19.6 Å². The summed E-state index contributed by atoms with van der Waals surface area (Å²) in [6.45, 7) is 4.51. The summed E-state index contributed by atoms with van der Waals surface area (Å²) in [5.74, 6) is -0.226. The second-order valence-electron chi connectivity index (χ2n) is 5.36. The van der Waals surface area contributed by atoms with Gasteiger partial charge in [0, 0.05) is 13.6 Å². The van der Waals surface area contributed by atoms with Crippen LogP contribution in [-0.4, -0.2) is 62.4 Å². The summed E-state index contributed by atoms with van der Waals surface area (Å²) in [6.07, 6.45) is -0.0434. The van der Waals surface area contributed by atoms with Crippen molar-refractivity contribution in [2.24, 2.45) is 0 Å². The SMILES string of the molecule is CC1CN(C(=O)CN(C)S(=O)(=O)c2ccc(Cl)s2)C(C)CO1. The fourth-order valence-electron chi connectivity index (χ4n) is 2.21. The van der Waals surface area contributed by atoms with Crippen LogP contribution in [0.5, 0.6) is 0 Å². The van der Waals surface area contributed by atoms with Crippen LogP contribution in [0.4, 0.5) is 0 Å². The molecule has 1 fully saturated rings. The fraction of sp³-hybridized carbons (Fsp3) is 0.615. The van der Waals surface area contributed by atoms with E-state index in [1.54, 1.807) is 4.90 Å². The van der Waals surface area contributed by atoms with E-state index in [0.717, 1.165) is 15.6 Å². The van der Waals surface area contributed by atoms with Crippen molar-refractivity contribution in [3.05, 3.63) is 16.5 Å². The number of ether oxygens (including phenoxy) is 1. The quantitative estimate of drug-likeness (QED) is 0.812. The van der Waals surface area contributed by atoms with Crippen molar-refractivity contribution < 1.29 is 17.9 Å². The number of sulfonamides is 1. The number of likely N-dealkylation sites (N-methyl/N-ethyl adjacent to an activating group) is 1. The van der Waals surface area contributed by atoms with Crippen molar-refractivity contribution in [3.8, 4) is 0 Å². The Morgan fingerprint density at radius 1 is 1.50 bits per heavy atom. The van der Waals surface area contributed by atoms with Gasteiger partial charge in [-0.1, -0.05) is 11.6 Å². The zero-order chi connectivity index (χ0) is 16.5. The first kappa shape index (κ1) is 17.7. The third kappa shape index (κ3) is 3.80. The molecule has 6 nitrogen and oxygen atoms in total. The molecule has 0 N–H and O–H groups in total. The molecule has 0 saturated carbocycles. The van der Waals surface area contributed by atoms with Crippen LogP contribution in [0.3, 0.4) is 0 Å². The average Bonchev–Trinajstić information content (AvgIpc) is 2.88. The molecular formula is C13H19ClN2O4S2. The molecule has 2 atom stereocenters. The van der Waals surface area contributed by atoms with Crippen LogP contribution < -0.4 is 0 Å². The summed E-state index contributed by atoms with van der Waals surface area (Å²) < 4.78 is 31.9. The van der Waals surface area contributed by atoms with Crippen molar-refractivity contribution in [2.75, 3.05) is 26.7 Å². The molecule has 1 amide bonds. The molecule has 1 aromatic heterocycles. The van der Waals surface area contributed by atoms with Crippen molar-refractivity contribution in [3.63, 3.8) is 0 Å². The van der Waals surface area contributed by atoms with E-state index in [0.29, 0.717) is 17.5 Å². The predicted octanol–water partition coefficient (Wildman–Crippen LogP) is 1.66. The Hall–Kier alpha value is -0.670. The van der Waals surface area contributed by atoms with Gasteiger partial charge >= 0.3 is 0 Å². The normalized spacial score (nSPS) is 23.0. The van der Waals surface area contributed by atoms with Crippen molar-refractivity contribution in [2.45, 2.75) is 30.2 Å². The third-order valence-electron chi connectivity index (χ3n) is 3.50. The highest BCUT2D eigenvalue weighted by molar-refractivity contribution is 7.91. The maximum atomic E-state index is 12.4. The maximum absolute atomic E-state index is 12.4. The number of hydrogen-bond donors (Lipinski definition) is 0. The van der Waals surface area contributed by atoms with E-state index >= 15 is 0 Å². The number of thiophene rings is 1. The minimum Gasteiger partial charge on any atom is -0.375 e. The number of amides is 1. The van der Waals surface area contributed by atoms with Crippen LogP contribution in [0, 0.1) is 0 Å². The van der Waals surface area contributed by atoms with Gasteiger partial charge in [-0.05, 0) is 26.0 Å². The fourth-order valence-corrected chi connectivity index (χ4v) is 5.02. The molecule has 1 aromatic rings. The molecule has 0 aliphatic carbocycles. The smallest absolute Gasteiger partial charge is 0.252 e. The lowest BCUT2D eigenvalue weighted by Gasteiger charge is -2.37. The van der Waals surface area contributed by atoms with Gasteiger partial charge in [0.1, 0.15) is 4.21 Å². The summed E-state index contributed by atoms with van der Waals surface area (Å²) in [5.41, 5.74) is 0. The molecule has 1 saturated heterocycles. The van der Waals surface area contributed by atoms with E-state index in [1.165, 1.54) is 19.2 Å². The topological polar surface area (TPSA) is 66.9 Å². The van der Waals surface area contributed by atoms with E-state index in [9.17, 15) is 13.2 Å². The first-order chi connectivity index (χ1) is 10.2. The lowest BCUT2D eigenvalue weighted by Crippen LogP contribution is -2.53. The van der Waals surface area contributed by atoms with Gasteiger partial charge in [-0.15, -0.1) is 11.3 Å². The Bertz CT molecular complexity index is 646. The van der Waals surface area contributed by atoms with E-state index < -0.39 is 10.0 Å². The van der Waals surface area contributed by atoms with E-state index in [4.69, 9.17) is 16.3 Å². The van der Waals surface area contributed by atoms with Gasteiger partial charge in [0.15, 0.2) is 0 Å². The van der Waals surface area contributed by atoms with Gasteiger partial charge in [0.25, 0.3) is 10.0 Å². The molecule has 2 heterocycles. The molecule has 22 heavy (non-hydrogen) atoms. The average molecular weight is 367 g/mol. The summed E-state index contributed by atoms with van der Waals surface area (Å²) in [4.78, 5) is 14.1. The van der Waals surface area contributed by atoms with Crippen LogP contribution >= 0.6 is 22.9 Å². The van der Waals surface area contributed by atoms with Crippen LogP contribution in [0.15, 0.2) is 16.3 Å². The summed E-state index contributed by atoms with van der Waals surface area (Å²) in [7, 11) is -2.30. The lowest BCUT2D eigenvalue weighted by molar-refractivity contribution is -0.143. The molecule has 0 bridgehead atoms. The second-order valence-corrected chi connectivity index (χ2v) is 9.35. The van der Waals surface area contributed by atoms with Crippen molar-refractivity contribution >= 4 is 38.9 Å². The molecule has 1 aliphatic rings. The number of rotatable bonds is 4. The Morgan fingerprint density at radius 3 is 2.77 bits per heavy atom. The number of nitrogens with zero attached hydrogens (tertiary/aromatic N) is 2. The molecule has 0 radical (unpaired) electrons. The monoisotopic (exact) mass is 366 g/mol. The molecule has 1 aliphatic heterocycles. The van der Waals surface area contributed by atoms with Crippen LogP contribution in [0.1, 0.15) is 13.8 Å². The molecule has 0 aromatic carbocycles. The van der Waals surface area contributed by atoms with E-state index in [-0.39, 0.29) is 28.8 Å². The van der Waals surface area contributed by atoms with E-state index in [1.807, 2.05) is 13.8 Å². The highest BCUT2D eigenvalue weighted by Gasteiger charge is 2.31. The van der Waals surface area contributed by atoms with Crippen molar-refractivity contribution in [1.29, 1.82) is 0 Å². The van der Waals surface area contributed by atoms with Crippen molar-refractivity contribution in [1.82, 2.24) is 9.21 Å². The first-order valence-corrected chi connectivity index (χ1v) is 9.48. The largest absolute Gasteiger partial charge is 0.375 e. The maximum Gasteiger partial charge on any atom is 0.252 e. The van der Waals surface area contributed by atoms with Crippen LogP contribution in [0.25, 0.3) is 0 Å². The second kappa shape index (κ2) is 6.84. The van der Waals surface area contributed by atoms with E-state index in [2.05, 4.69) is 0 Å². The minimum atomic E-state index is -3.69. The van der Waals surface area contributed by atoms with Gasteiger partial charge in [-0.2, -0.15) is 4.31 Å². The number of carbonyl (C=O) groups excluding carboxylic acids is 1. The third-order valence-corrected chi connectivity index (χ3v) is 7.00. The summed E-state index contributed by atoms with van der Waals surface area (Å²) >= 11 is 6.76. The first-order valence-electron chi connectivity index (χ1n) is 6.84. The Balaban J connectivity index is 2.07. The summed E-state index contributed by atoms with van der Waals surface area (Å²) in [5, 5.41) is 0. The van der Waals surface area contributed by atoms with Gasteiger partial charge in [0.05, 0.1) is 29.6 Å². The van der Waals surface area contributed by atoms with Gasteiger partial charge in [-0.25, -0.2) is 8.42 Å². The zero-order valence-corrected chi connectivity index (χ0v) is 15.0. The predicted molar refractivity (Wildman–Crippen MR) is 85.7 cm³/mol. The highest BCUT2D eigenvalue weighted by atomic mass is 35.5. The standard InChI is InChI=1S/C13H19ClN2O4S2/c1-9-8-20-10(2)6-16(9)12(17)7-15(3)22(18,19)13-5-4-11(14)21-13/h4-5,9-10H,6-8H2,1-3H3. The highest BCUT2D eigenvalue weighted by Crippen LogP contribution is 2.27. The Kier molecular flexibility index (Phi) is 5.50. The minimum absolute atomic E-state index is 0.0434. The lowest BCUT2D eigenvalue weighted by atomic mass is 10.2. The molecule has 9 heteroatoms. The van der Waals surface area contributed by atoms with Gasteiger partial charge in [0.2, 0.25) is 5.91 Å². The Labute approximate surface area is 139 Å². The molecule has 2 unspecified atom stereocenters. The molecule has 2 rings (SSSR count). The number of hydrogen-bond acceptors (Lipinski definition) is 5. The molecule has 0 spiro atoms. The van der Waals surface area contributed by atoms with Crippen LogP contribution in [0.2, 0.25) is 4.34 Å². The molecular weight excluding hydrogens is 348 g/mol. The van der Waals surface area contributed by atoms with Gasteiger partial charge in [-0.3, -0.25) is 4.79 Å². The number of morpholine rings is 1. The molecule has 124 valence electrons. The Morgan fingerprint density at radius 2 is 2.18 bits per heavy atom. The van der Waals surface area contributed by atoms with Gasteiger partial charge < -0.3 is 9.64 Å².